The third-order valence-electron chi connectivity index (χ3n) is 3.24. The Balaban J connectivity index is 2.07. The number of hydrogen-bond acceptors (Lipinski definition) is 5. The molecule has 0 fully saturated rings. The Bertz CT molecular complexity index is 582. The molecule has 6 heteroatoms. The first-order chi connectivity index (χ1) is 9.31. The number of rotatable bonds is 3. The van der Waals surface area contributed by atoms with Crippen molar-refractivity contribution < 1.29 is 9.47 Å². The molecule has 1 unspecified atom stereocenters. The lowest BCUT2D eigenvalue weighted by Crippen LogP contribution is -2.23. The van der Waals surface area contributed by atoms with Gasteiger partial charge in [-0.1, -0.05) is 17.3 Å². The lowest BCUT2D eigenvalue weighted by atomic mass is 10.0. The zero-order valence-electron chi connectivity index (χ0n) is 11.0. The molecule has 19 heavy (non-hydrogen) atoms. The molecule has 0 radical (unpaired) electrons. The molecule has 3 rings (SSSR count). The molecule has 1 aliphatic heterocycles. The molecule has 1 atom stereocenters. The lowest BCUT2D eigenvalue weighted by Gasteiger charge is -2.25. The summed E-state index contributed by atoms with van der Waals surface area (Å²) in [7, 11) is 3.78. The summed E-state index contributed by atoms with van der Waals surface area (Å²) in [5.41, 5.74) is 2.01. The second-order valence-electron chi connectivity index (χ2n) is 4.38. The molecular weight excluding hydrogens is 244 g/mol. The van der Waals surface area contributed by atoms with E-state index >= 15 is 0 Å². The zero-order chi connectivity index (χ0) is 13.2. The van der Waals surface area contributed by atoms with Crippen LogP contribution in [0, 0.1) is 0 Å². The normalized spacial score (nSPS) is 15.3. The highest BCUT2D eigenvalue weighted by atomic mass is 16.6. The molecule has 100 valence electrons. The molecule has 0 amide bonds. The summed E-state index contributed by atoms with van der Waals surface area (Å²) >= 11 is 0. The van der Waals surface area contributed by atoms with E-state index < -0.39 is 0 Å². The van der Waals surface area contributed by atoms with Crippen molar-refractivity contribution in [3.63, 3.8) is 0 Å². The highest BCUT2D eigenvalue weighted by Gasteiger charge is 2.24. The molecule has 0 saturated carbocycles. The van der Waals surface area contributed by atoms with Gasteiger partial charge in [-0.2, -0.15) is 0 Å². The molecule has 0 aliphatic carbocycles. The van der Waals surface area contributed by atoms with Crippen LogP contribution in [0.5, 0.6) is 11.5 Å². The number of nitrogens with zero attached hydrogens (tertiary/aromatic N) is 3. The summed E-state index contributed by atoms with van der Waals surface area (Å²) in [6.07, 6.45) is 1.75. The minimum absolute atomic E-state index is 0.0309. The molecule has 1 aliphatic rings. The number of aryl methyl sites for hydroxylation is 1. The number of ether oxygens (including phenoxy) is 2. The number of hydrogen-bond donors (Lipinski definition) is 1. The summed E-state index contributed by atoms with van der Waals surface area (Å²) in [6.45, 7) is 1.16. The number of para-hydroxylation sites is 1. The minimum Gasteiger partial charge on any atom is -0.486 e. The fourth-order valence-electron chi connectivity index (χ4n) is 2.35. The van der Waals surface area contributed by atoms with E-state index in [1.807, 2.05) is 32.3 Å². The highest BCUT2D eigenvalue weighted by molar-refractivity contribution is 5.50. The number of benzene rings is 1. The molecule has 0 saturated heterocycles. The predicted octanol–water partition coefficient (Wildman–Crippen LogP) is 0.895. The first-order valence-electron chi connectivity index (χ1n) is 6.21. The van der Waals surface area contributed by atoms with Gasteiger partial charge in [0.15, 0.2) is 11.5 Å². The summed E-state index contributed by atoms with van der Waals surface area (Å²) in [4.78, 5) is 0. The molecule has 2 aromatic rings. The summed E-state index contributed by atoms with van der Waals surface area (Å²) in [5, 5.41) is 11.2. The first-order valence-corrected chi connectivity index (χ1v) is 6.21. The van der Waals surface area contributed by atoms with E-state index in [1.54, 1.807) is 10.9 Å². The topological polar surface area (TPSA) is 61.2 Å². The molecule has 2 heterocycles. The molecule has 0 spiro atoms. The van der Waals surface area contributed by atoms with Gasteiger partial charge in [-0.05, 0) is 13.1 Å². The number of nitrogens with one attached hydrogen (secondary N) is 1. The first kappa shape index (κ1) is 12.0. The molecule has 0 bridgehead atoms. The SMILES string of the molecule is CNC(c1cccc2c1OCCO2)c1cnnn1C. The van der Waals surface area contributed by atoms with Gasteiger partial charge in [-0.3, -0.25) is 4.68 Å². The summed E-state index contributed by atoms with van der Waals surface area (Å²) < 4.78 is 13.1. The number of fused-ring (bicyclic) bond motifs is 1. The molecule has 1 aromatic carbocycles. The summed E-state index contributed by atoms with van der Waals surface area (Å²) in [5.74, 6) is 1.59. The van der Waals surface area contributed by atoms with Crippen LogP contribution < -0.4 is 14.8 Å². The van der Waals surface area contributed by atoms with E-state index in [9.17, 15) is 0 Å². The van der Waals surface area contributed by atoms with Gasteiger partial charge in [0.2, 0.25) is 0 Å². The maximum atomic E-state index is 5.76. The average molecular weight is 260 g/mol. The van der Waals surface area contributed by atoms with Crippen molar-refractivity contribution in [2.24, 2.45) is 7.05 Å². The minimum atomic E-state index is -0.0309. The standard InChI is InChI=1S/C13H16N4O2/c1-14-12(10-8-15-16-17(10)2)9-4-3-5-11-13(9)19-7-6-18-11/h3-5,8,12,14H,6-7H2,1-2H3. The second-order valence-corrected chi connectivity index (χ2v) is 4.38. The van der Waals surface area contributed by atoms with Gasteiger partial charge in [0, 0.05) is 12.6 Å². The Morgan fingerprint density at radius 1 is 1.32 bits per heavy atom. The third-order valence-corrected chi connectivity index (χ3v) is 3.24. The monoisotopic (exact) mass is 260 g/mol. The van der Waals surface area contributed by atoms with Gasteiger partial charge in [0.05, 0.1) is 17.9 Å². The van der Waals surface area contributed by atoms with Crippen LogP contribution in [0.1, 0.15) is 17.3 Å². The smallest absolute Gasteiger partial charge is 0.166 e. The van der Waals surface area contributed by atoms with Gasteiger partial charge in [-0.25, -0.2) is 0 Å². The second kappa shape index (κ2) is 4.89. The van der Waals surface area contributed by atoms with Crippen molar-refractivity contribution >= 4 is 0 Å². The fraction of sp³-hybridized carbons (Fsp3) is 0.385. The molecular formula is C13H16N4O2. The van der Waals surface area contributed by atoms with E-state index in [2.05, 4.69) is 15.6 Å². The Hall–Kier alpha value is -2.08. The van der Waals surface area contributed by atoms with Crippen molar-refractivity contribution in [3.05, 3.63) is 35.7 Å². The predicted molar refractivity (Wildman–Crippen MR) is 69.3 cm³/mol. The number of aromatic nitrogens is 3. The van der Waals surface area contributed by atoms with Crippen LogP contribution in [-0.4, -0.2) is 35.3 Å². The highest BCUT2D eigenvalue weighted by Crippen LogP contribution is 2.38. The van der Waals surface area contributed by atoms with Crippen LogP contribution in [-0.2, 0) is 7.05 Å². The van der Waals surface area contributed by atoms with Gasteiger partial charge < -0.3 is 14.8 Å². The van der Waals surface area contributed by atoms with Crippen LogP contribution in [0.3, 0.4) is 0 Å². The largest absolute Gasteiger partial charge is 0.486 e. The van der Waals surface area contributed by atoms with E-state index in [-0.39, 0.29) is 6.04 Å². The fourth-order valence-corrected chi connectivity index (χ4v) is 2.35. The third kappa shape index (κ3) is 2.04. The Kier molecular flexibility index (Phi) is 3.08. The lowest BCUT2D eigenvalue weighted by molar-refractivity contribution is 0.169. The average Bonchev–Trinajstić information content (AvgIpc) is 2.86. The zero-order valence-corrected chi connectivity index (χ0v) is 11.0. The van der Waals surface area contributed by atoms with Crippen LogP contribution >= 0.6 is 0 Å². The van der Waals surface area contributed by atoms with Gasteiger partial charge >= 0.3 is 0 Å². The maximum Gasteiger partial charge on any atom is 0.166 e. The molecule has 1 N–H and O–H groups in total. The van der Waals surface area contributed by atoms with Crippen LogP contribution in [0.25, 0.3) is 0 Å². The van der Waals surface area contributed by atoms with Crippen LogP contribution in [0.15, 0.2) is 24.4 Å². The Morgan fingerprint density at radius 3 is 2.89 bits per heavy atom. The Labute approximate surface area is 111 Å². The van der Waals surface area contributed by atoms with Crippen molar-refractivity contribution in [2.45, 2.75) is 6.04 Å². The Morgan fingerprint density at radius 2 is 2.16 bits per heavy atom. The van der Waals surface area contributed by atoms with E-state index in [0.29, 0.717) is 13.2 Å². The molecule has 1 aromatic heterocycles. The van der Waals surface area contributed by atoms with E-state index in [0.717, 1.165) is 22.8 Å². The van der Waals surface area contributed by atoms with Crippen molar-refractivity contribution in [2.75, 3.05) is 20.3 Å². The van der Waals surface area contributed by atoms with Gasteiger partial charge in [0.1, 0.15) is 13.2 Å². The van der Waals surface area contributed by atoms with Crippen LogP contribution in [0.2, 0.25) is 0 Å². The molecule has 6 nitrogen and oxygen atoms in total. The maximum absolute atomic E-state index is 5.76. The van der Waals surface area contributed by atoms with Crippen molar-refractivity contribution in [1.29, 1.82) is 0 Å². The van der Waals surface area contributed by atoms with Gasteiger partial charge in [-0.15, -0.1) is 5.10 Å². The van der Waals surface area contributed by atoms with Gasteiger partial charge in [0.25, 0.3) is 0 Å². The van der Waals surface area contributed by atoms with Crippen LogP contribution in [0.4, 0.5) is 0 Å². The van der Waals surface area contributed by atoms with Crippen molar-refractivity contribution in [3.8, 4) is 11.5 Å². The van der Waals surface area contributed by atoms with E-state index in [1.165, 1.54) is 0 Å². The van der Waals surface area contributed by atoms with E-state index in [4.69, 9.17) is 9.47 Å². The quantitative estimate of drug-likeness (QED) is 0.888. The summed E-state index contributed by atoms with van der Waals surface area (Å²) in [6, 6.07) is 5.89. The van der Waals surface area contributed by atoms with Crippen molar-refractivity contribution in [1.82, 2.24) is 20.3 Å².